The van der Waals surface area contributed by atoms with Crippen molar-refractivity contribution in [1.29, 1.82) is 0 Å². The van der Waals surface area contributed by atoms with Crippen LogP contribution < -0.4 is 0 Å². The summed E-state index contributed by atoms with van der Waals surface area (Å²) in [6, 6.07) is 0. The second kappa shape index (κ2) is 7.09. The van der Waals surface area contributed by atoms with E-state index in [4.69, 9.17) is 4.74 Å². The summed E-state index contributed by atoms with van der Waals surface area (Å²) in [6.07, 6.45) is 0.213. The first kappa shape index (κ1) is 20.4. The highest BCUT2D eigenvalue weighted by Gasteiger charge is 2.32. The van der Waals surface area contributed by atoms with Gasteiger partial charge in [0.05, 0.1) is 12.2 Å². The first-order valence-corrected chi connectivity index (χ1v) is 8.96. The molecule has 1 atom stereocenters. The Morgan fingerprint density at radius 3 is 1.95 bits per heavy atom. The van der Waals surface area contributed by atoms with Gasteiger partial charge < -0.3 is 4.74 Å². The minimum atomic E-state index is -3.24. The van der Waals surface area contributed by atoms with Crippen LogP contribution in [0.25, 0.3) is 0 Å². The van der Waals surface area contributed by atoms with E-state index in [9.17, 15) is 13.2 Å². The average Bonchev–Trinajstić information content (AvgIpc) is 2.24. The van der Waals surface area contributed by atoms with Gasteiger partial charge in [-0.05, 0) is 39.0 Å². The summed E-state index contributed by atoms with van der Waals surface area (Å²) >= 11 is 0. The number of ether oxygens (including phenoxy) is 1. The van der Waals surface area contributed by atoms with E-state index in [1.165, 1.54) is 4.31 Å². The zero-order chi connectivity index (χ0) is 17.1. The van der Waals surface area contributed by atoms with Crippen LogP contribution in [0.1, 0.15) is 54.9 Å². The normalized spacial score (nSPS) is 15.1. The molecule has 0 aliphatic carbocycles. The molecular weight excluding hydrogens is 290 g/mol. The van der Waals surface area contributed by atoms with Crippen molar-refractivity contribution in [2.75, 3.05) is 19.3 Å². The molecule has 0 aromatic carbocycles. The topological polar surface area (TPSA) is 63.7 Å². The summed E-state index contributed by atoms with van der Waals surface area (Å²) < 4.78 is 30.5. The van der Waals surface area contributed by atoms with Crippen LogP contribution in [-0.4, -0.2) is 43.6 Å². The van der Waals surface area contributed by atoms with Gasteiger partial charge in [0.2, 0.25) is 10.0 Å². The van der Waals surface area contributed by atoms with Crippen molar-refractivity contribution >= 4 is 16.0 Å². The Bertz CT molecular complexity index is 443. The van der Waals surface area contributed by atoms with Crippen LogP contribution in [0.15, 0.2) is 0 Å². The Morgan fingerprint density at radius 2 is 1.62 bits per heavy atom. The molecule has 0 amide bonds. The van der Waals surface area contributed by atoms with Crippen molar-refractivity contribution in [2.45, 2.75) is 60.5 Å². The van der Waals surface area contributed by atoms with Crippen molar-refractivity contribution in [1.82, 2.24) is 4.31 Å². The van der Waals surface area contributed by atoms with E-state index in [-0.39, 0.29) is 29.5 Å². The summed E-state index contributed by atoms with van der Waals surface area (Å²) in [5, 5.41) is 0. The Hall–Kier alpha value is -0.620. The van der Waals surface area contributed by atoms with E-state index < -0.39 is 15.6 Å². The number of rotatable bonds is 6. The van der Waals surface area contributed by atoms with E-state index in [2.05, 4.69) is 0 Å². The summed E-state index contributed by atoms with van der Waals surface area (Å²) in [5.74, 6) is -0.323. The van der Waals surface area contributed by atoms with E-state index in [1.807, 2.05) is 41.5 Å². The molecule has 0 unspecified atom stereocenters. The molecule has 0 fully saturated rings. The summed E-state index contributed by atoms with van der Waals surface area (Å²) in [6.45, 7) is 13.4. The number of carbonyl (C=O) groups is 1. The maximum Gasteiger partial charge on any atom is 0.306 e. The lowest BCUT2D eigenvalue weighted by Gasteiger charge is -2.33. The molecule has 21 heavy (non-hydrogen) atoms. The fraction of sp³-hybridized carbons (Fsp3) is 0.933. The molecule has 0 aromatic rings. The second-order valence-electron chi connectivity index (χ2n) is 7.53. The third kappa shape index (κ3) is 7.81. The fourth-order valence-electron chi connectivity index (χ4n) is 1.87. The van der Waals surface area contributed by atoms with Gasteiger partial charge in [0, 0.05) is 13.6 Å². The number of hydrogen-bond donors (Lipinski definition) is 0. The zero-order valence-corrected chi connectivity index (χ0v) is 15.5. The van der Waals surface area contributed by atoms with Gasteiger partial charge in [-0.3, -0.25) is 4.79 Å². The van der Waals surface area contributed by atoms with E-state index >= 15 is 0 Å². The van der Waals surface area contributed by atoms with E-state index in [1.54, 1.807) is 14.0 Å². The highest BCUT2D eigenvalue weighted by molar-refractivity contribution is 7.89. The van der Waals surface area contributed by atoms with Gasteiger partial charge in [0.1, 0.15) is 5.60 Å². The molecule has 0 N–H and O–H groups in total. The van der Waals surface area contributed by atoms with Crippen molar-refractivity contribution in [3.8, 4) is 0 Å². The van der Waals surface area contributed by atoms with Crippen molar-refractivity contribution < 1.29 is 17.9 Å². The Morgan fingerprint density at radius 1 is 1.14 bits per heavy atom. The zero-order valence-electron chi connectivity index (χ0n) is 14.7. The smallest absolute Gasteiger partial charge is 0.306 e. The maximum absolute atomic E-state index is 12.0. The van der Waals surface area contributed by atoms with Crippen LogP contribution in [0, 0.1) is 11.3 Å². The molecule has 0 aliphatic rings. The summed E-state index contributed by atoms with van der Waals surface area (Å²) in [5.41, 5.74) is -0.713. The van der Waals surface area contributed by atoms with Crippen LogP contribution in [0.3, 0.4) is 0 Å². The molecule has 0 saturated carbocycles. The lowest BCUT2D eigenvalue weighted by Crippen LogP contribution is -2.39. The molecular formula is C15H31NO4S. The van der Waals surface area contributed by atoms with Crippen LogP contribution >= 0.6 is 0 Å². The van der Waals surface area contributed by atoms with Crippen LogP contribution in [0.5, 0.6) is 0 Å². The number of sulfonamides is 1. The van der Waals surface area contributed by atoms with Crippen molar-refractivity contribution in [3.63, 3.8) is 0 Å². The fourth-order valence-corrected chi connectivity index (χ4v) is 2.72. The first-order chi connectivity index (χ1) is 9.19. The number of esters is 1. The first-order valence-electron chi connectivity index (χ1n) is 7.35. The monoisotopic (exact) mass is 321 g/mol. The lowest BCUT2D eigenvalue weighted by molar-refractivity contribution is -0.157. The molecule has 0 spiro atoms. The van der Waals surface area contributed by atoms with E-state index in [0.29, 0.717) is 6.54 Å². The van der Waals surface area contributed by atoms with Gasteiger partial charge >= 0.3 is 5.97 Å². The van der Waals surface area contributed by atoms with Crippen LogP contribution in [0.2, 0.25) is 0 Å². The largest absolute Gasteiger partial charge is 0.460 e. The molecule has 0 rings (SSSR count). The standard InChI is InChI=1S/C15H31NO4S/c1-9-21(18,19)16(8)11-12(14(2,3)4)10-13(17)20-15(5,6)7/h12H,9-11H2,1-8H3/t12-/m1/s1. The van der Waals surface area contributed by atoms with Gasteiger partial charge in [-0.2, -0.15) is 0 Å². The van der Waals surface area contributed by atoms with Crippen LogP contribution in [0.4, 0.5) is 0 Å². The van der Waals surface area contributed by atoms with Gasteiger partial charge in [0.15, 0.2) is 0 Å². The number of hydrogen-bond acceptors (Lipinski definition) is 4. The van der Waals surface area contributed by atoms with Gasteiger partial charge in [0.25, 0.3) is 0 Å². The molecule has 5 nitrogen and oxygen atoms in total. The molecule has 0 aromatic heterocycles. The molecule has 0 bridgehead atoms. The predicted molar refractivity (Wildman–Crippen MR) is 85.5 cm³/mol. The summed E-state index contributed by atoms with van der Waals surface area (Å²) in [4.78, 5) is 12.0. The highest BCUT2D eigenvalue weighted by atomic mass is 32.2. The maximum atomic E-state index is 12.0. The SMILES string of the molecule is CCS(=O)(=O)N(C)C[C@@H](CC(=O)OC(C)(C)C)C(C)(C)C. The molecule has 0 radical (unpaired) electrons. The predicted octanol–water partition coefficient (Wildman–Crippen LogP) is 2.66. The minimum absolute atomic E-state index is 0.0623. The second-order valence-corrected chi connectivity index (χ2v) is 9.90. The van der Waals surface area contributed by atoms with E-state index in [0.717, 1.165) is 0 Å². The Labute approximate surface area is 130 Å². The Kier molecular flexibility index (Phi) is 6.88. The number of carbonyl (C=O) groups excluding carboxylic acids is 1. The van der Waals surface area contributed by atoms with Crippen molar-refractivity contribution in [3.05, 3.63) is 0 Å². The van der Waals surface area contributed by atoms with Gasteiger partial charge in [-0.25, -0.2) is 12.7 Å². The molecule has 0 heterocycles. The van der Waals surface area contributed by atoms with Crippen molar-refractivity contribution in [2.24, 2.45) is 11.3 Å². The number of nitrogens with zero attached hydrogens (tertiary/aromatic N) is 1. The highest BCUT2D eigenvalue weighted by Crippen LogP contribution is 2.30. The van der Waals surface area contributed by atoms with Gasteiger partial charge in [-0.15, -0.1) is 0 Å². The molecule has 0 aliphatic heterocycles. The van der Waals surface area contributed by atoms with Crippen LogP contribution in [-0.2, 0) is 19.6 Å². The third-order valence-corrected chi connectivity index (χ3v) is 5.20. The summed E-state index contributed by atoms with van der Waals surface area (Å²) in [7, 11) is -1.68. The quantitative estimate of drug-likeness (QED) is 0.706. The molecule has 6 heteroatoms. The lowest BCUT2D eigenvalue weighted by atomic mass is 9.78. The third-order valence-electron chi connectivity index (χ3n) is 3.37. The minimum Gasteiger partial charge on any atom is -0.460 e. The average molecular weight is 321 g/mol. The Balaban J connectivity index is 4.97. The van der Waals surface area contributed by atoms with Gasteiger partial charge in [-0.1, -0.05) is 20.8 Å². The molecule has 0 saturated heterocycles. The molecule has 126 valence electrons.